The molecule has 0 radical (unpaired) electrons. The van der Waals surface area contributed by atoms with Crippen LogP contribution in [0.2, 0.25) is 0 Å². The zero-order valence-electron chi connectivity index (χ0n) is 15.0. The van der Waals surface area contributed by atoms with Gasteiger partial charge in [-0.1, -0.05) is 42.5 Å². The molecule has 5 rings (SSSR count). The minimum absolute atomic E-state index is 0.0476. The molecule has 4 aromatic rings. The Morgan fingerprint density at radius 1 is 1.00 bits per heavy atom. The number of hydrogen-bond acceptors (Lipinski definition) is 2. The number of aromatic nitrogens is 2. The molecule has 1 aromatic heterocycles. The molecule has 0 aliphatic heterocycles. The fraction of sp³-hybridized carbons (Fsp3) is 0.130. The van der Waals surface area contributed by atoms with Crippen molar-refractivity contribution < 1.29 is 4.79 Å². The zero-order valence-corrected chi connectivity index (χ0v) is 15.0. The molecule has 132 valence electrons. The summed E-state index contributed by atoms with van der Waals surface area (Å²) in [6, 6.07) is 22.2. The minimum atomic E-state index is -0.345. The van der Waals surface area contributed by atoms with E-state index in [1.165, 1.54) is 22.3 Å². The molecule has 0 bridgehead atoms. The molecule has 0 saturated carbocycles. The van der Waals surface area contributed by atoms with Gasteiger partial charge in [-0.05, 0) is 59.9 Å². The Balaban J connectivity index is 1.39. The van der Waals surface area contributed by atoms with Gasteiger partial charge in [-0.2, -0.15) is 0 Å². The zero-order chi connectivity index (χ0) is 18.4. The van der Waals surface area contributed by atoms with Crippen molar-refractivity contribution in [3.8, 4) is 11.1 Å². The number of amides is 1. The average molecular weight is 353 g/mol. The molecule has 0 fully saturated rings. The van der Waals surface area contributed by atoms with Crippen molar-refractivity contribution in [3.05, 3.63) is 84.2 Å². The Kier molecular flexibility index (Phi) is 3.57. The van der Waals surface area contributed by atoms with Gasteiger partial charge in [-0.3, -0.25) is 4.79 Å². The summed E-state index contributed by atoms with van der Waals surface area (Å²) in [6.07, 6.45) is 2.64. The summed E-state index contributed by atoms with van der Waals surface area (Å²) in [4.78, 5) is 17.2. The Labute approximate surface area is 157 Å². The normalized spacial score (nSPS) is 13.2. The molecule has 4 heteroatoms. The van der Waals surface area contributed by atoms with Crippen molar-refractivity contribution in [2.24, 2.45) is 0 Å². The molecule has 1 unspecified atom stereocenters. The van der Waals surface area contributed by atoms with Crippen molar-refractivity contribution in [2.75, 3.05) is 5.32 Å². The van der Waals surface area contributed by atoms with E-state index in [1.807, 2.05) is 41.8 Å². The van der Waals surface area contributed by atoms with E-state index in [1.54, 1.807) is 6.33 Å². The number of imidazole rings is 1. The topological polar surface area (TPSA) is 46.9 Å². The number of rotatable bonds is 3. The maximum Gasteiger partial charge on any atom is 0.247 e. The number of carbonyl (C=O) groups is 1. The highest BCUT2D eigenvalue weighted by molar-refractivity contribution is 5.95. The SMILES string of the molecule is CC(C(=O)Nc1ccc2c(c1)Cc1ccccc1-2)n1cnc2ccccc21. The van der Waals surface area contributed by atoms with Crippen LogP contribution in [-0.4, -0.2) is 15.5 Å². The third kappa shape index (κ3) is 2.61. The first-order valence-electron chi connectivity index (χ1n) is 9.14. The van der Waals surface area contributed by atoms with Gasteiger partial charge in [0.1, 0.15) is 6.04 Å². The minimum Gasteiger partial charge on any atom is -0.324 e. The Morgan fingerprint density at radius 2 is 1.78 bits per heavy atom. The number of fused-ring (bicyclic) bond motifs is 4. The Hall–Kier alpha value is -3.40. The smallest absolute Gasteiger partial charge is 0.247 e. The molecule has 27 heavy (non-hydrogen) atoms. The van der Waals surface area contributed by atoms with E-state index < -0.39 is 0 Å². The summed E-state index contributed by atoms with van der Waals surface area (Å²) in [5.41, 5.74) is 7.85. The third-order valence-corrected chi connectivity index (χ3v) is 5.34. The number of anilines is 1. The lowest BCUT2D eigenvalue weighted by Crippen LogP contribution is -2.23. The Bertz CT molecular complexity index is 1180. The van der Waals surface area contributed by atoms with Crippen molar-refractivity contribution in [3.63, 3.8) is 0 Å². The number of hydrogen-bond donors (Lipinski definition) is 1. The standard InChI is InChI=1S/C23H19N3O/c1-15(26-14-24-21-8-4-5-9-22(21)26)23(27)25-18-10-11-20-17(13-18)12-16-6-2-3-7-19(16)20/h2-11,13-15H,12H2,1H3,(H,25,27). The highest BCUT2D eigenvalue weighted by Gasteiger charge is 2.20. The van der Waals surface area contributed by atoms with Crippen LogP contribution in [0.3, 0.4) is 0 Å². The summed E-state index contributed by atoms with van der Waals surface area (Å²) in [5.74, 6) is -0.0476. The quantitative estimate of drug-likeness (QED) is 0.506. The molecular weight excluding hydrogens is 334 g/mol. The molecule has 1 atom stereocenters. The van der Waals surface area contributed by atoms with Crippen LogP contribution in [0.1, 0.15) is 24.1 Å². The van der Waals surface area contributed by atoms with Crippen molar-refractivity contribution in [1.82, 2.24) is 9.55 Å². The molecule has 1 heterocycles. The van der Waals surface area contributed by atoms with E-state index >= 15 is 0 Å². The van der Waals surface area contributed by atoms with Crippen LogP contribution in [0.4, 0.5) is 5.69 Å². The third-order valence-electron chi connectivity index (χ3n) is 5.34. The van der Waals surface area contributed by atoms with Crippen LogP contribution in [0.5, 0.6) is 0 Å². The van der Waals surface area contributed by atoms with Gasteiger partial charge < -0.3 is 9.88 Å². The lowest BCUT2D eigenvalue weighted by atomic mass is 10.1. The molecule has 0 spiro atoms. The number of nitrogens with one attached hydrogen (secondary N) is 1. The summed E-state index contributed by atoms with van der Waals surface area (Å²) < 4.78 is 1.91. The van der Waals surface area contributed by atoms with E-state index in [4.69, 9.17) is 0 Å². The van der Waals surface area contributed by atoms with Crippen molar-refractivity contribution >= 4 is 22.6 Å². The van der Waals surface area contributed by atoms with E-state index in [2.05, 4.69) is 46.7 Å². The van der Waals surface area contributed by atoms with Gasteiger partial charge >= 0.3 is 0 Å². The van der Waals surface area contributed by atoms with Gasteiger partial charge in [0.2, 0.25) is 5.91 Å². The second kappa shape index (κ2) is 6.09. The maximum atomic E-state index is 12.8. The van der Waals surface area contributed by atoms with Gasteiger partial charge in [0.25, 0.3) is 0 Å². The van der Waals surface area contributed by atoms with E-state index in [0.717, 1.165) is 23.1 Å². The van der Waals surface area contributed by atoms with E-state index in [9.17, 15) is 4.79 Å². The number of nitrogens with zero attached hydrogens (tertiary/aromatic N) is 2. The van der Waals surface area contributed by atoms with Gasteiger partial charge in [0.15, 0.2) is 0 Å². The summed E-state index contributed by atoms with van der Waals surface area (Å²) in [6.45, 7) is 1.90. The second-order valence-electron chi connectivity index (χ2n) is 7.01. The molecule has 1 aliphatic carbocycles. The largest absolute Gasteiger partial charge is 0.324 e. The molecule has 4 nitrogen and oxygen atoms in total. The van der Waals surface area contributed by atoms with Crippen LogP contribution in [0.25, 0.3) is 22.2 Å². The highest BCUT2D eigenvalue weighted by atomic mass is 16.2. The summed E-state index contributed by atoms with van der Waals surface area (Å²) in [7, 11) is 0. The first kappa shape index (κ1) is 15.8. The van der Waals surface area contributed by atoms with Crippen LogP contribution in [-0.2, 0) is 11.2 Å². The predicted molar refractivity (Wildman–Crippen MR) is 108 cm³/mol. The van der Waals surface area contributed by atoms with E-state index in [-0.39, 0.29) is 11.9 Å². The van der Waals surface area contributed by atoms with Crippen LogP contribution in [0.15, 0.2) is 73.1 Å². The molecule has 1 aliphatic rings. The van der Waals surface area contributed by atoms with E-state index in [0.29, 0.717) is 0 Å². The Morgan fingerprint density at radius 3 is 2.70 bits per heavy atom. The molecule has 1 N–H and O–H groups in total. The summed E-state index contributed by atoms with van der Waals surface area (Å²) >= 11 is 0. The highest BCUT2D eigenvalue weighted by Crippen LogP contribution is 2.37. The first-order chi connectivity index (χ1) is 13.2. The lowest BCUT2D eigenvalue weighted by Gasteiger charge is -2.15. The number of benzene rings is 3. The second-order valence-corrected chi connectivity index (χ2v) is 7.01. The first-order valence-corrected chi connectivity index (χ1v) is 9.14. The lowest BCUT2D eigenvalue weighted by molar-refractivity contribution is -0.118. The van der Waals surface area contributed by atoms with Gasteiger partial charge in [0, 0.05) is 5.69 Å². The fourth-order valence-corrected chi connectivity index (χ4v) is 3.88. The van der Waals surface area contributed by atoms with Gasteiger partial charge in [0.05, 0.1) is 17.4 Å². The van der Waals surface area contributed by atoms with Crippen molar-refractivity contribution in [2.45, 2.75) is 19.4 Å². The van der Waals surface area contributed by atoms with Crippen LogP contribution < -0.4 is 5.32 Å². The number of carbonyl (C=O) groups excluding carboxylic acids is 1. The summed E-state index contributed by atoms with van der Waals surface area (Å²) in [5, 5.41) is 3.06. The molecule has 0 saturated heterocycles. The van der Waals surface area contributed by atoms with Crippen molar-refractivity contribution in [1.29, 1.82) is 0 Å². The monoisotopic (exact) mass is 353 g/mol. The predicted octanol–water partition coefficient (Wildman–Crippen LogP) is 4.81. The van der Waals surface area contributed by atoms with Gasteiger partial charge in [-0.25, -0.2) is 4.98 Å². The molecule has 3 aromatic carbocycles. The van der Waals surface area contributed by atoms with Crippen LogP contribution >= 0.6 is 0 Å². The fourth-order valence-electron chi connectivity index (χ4n) is 3.88. The number of para-hydroxylation sites is 2. The van der Waals surface area contributed by atoms with Gasteiger partial charge in [-0.15, -0.1) is 0 Å². The molecular formula is C23H19N3O. The van der Waals surface area contributed by atoms with Crippen LogP contribution in [0, 0.1) is 0 Å². The maximum absolute atomic E-state index is 12.8. The molecule has 1 amide bonds. The average Bonchev–Trinajstić information content (AvgIpc) is 3.28.